The molecule has 0 amide bonds. The Bertz CT molecular complexity index is 1370. The summed E-state index contributed by atoms with van der Waals surface area (Å²) in [6.07, 6.45) is 5.40. The second-order valence-electron chi connectivity index (χ2n) is 7.53. The van der Waals surface area contributed by atoms with Crippen LogP contribution < -0.4 is 4.90 Å². The van der Waals surface area contributed by atoms with E-state index < -0.39 is 0 Å². The summed E-state index contributed by atoms with van der Waals surface area (Å²) >= 11 is 0. The lowest BCUT2D eigenvalue weighted by molar-refractivity contribution is 0.122. The van der Waals surface area contributed by atoms with Crippen molar-refractivity contribution in [2.24, 2.45) is 0 Å². The number of nitrogens with one attached hydrogen (secondary N) is 1. The van der Waals surface area contributed by atoms with Gasteiger partial charge >= 0.3 is 0 Å². The van der Waals surface area contributed by atoms with Gasteiger partial charge in [0.1, 0.15) is 17.0 Å². The van der Waals surface area contributed by atoms with E-state index >= 15 is 0 Å². The van der Waals surface area contributed by atoms with Crippen LogP contribution in [0.25, 0.3) is 44.3 Å². The van der Waals surface area contributed by atoms with Gasteiger partial charge in [0.2, 0.25) is 0 Å². The summed E-state index contributed by atoms with van der Waals surface area (Å²) in [7, 11) is 0. The van der Waals surface area contributed by atoms with Crippen molar-refractivity contribution in [2.75, 3.05) is 31.2 Å². The van der Waals surface area contributed by atoms with Crippen molar-refractivity contribution < 1.29 is 4.74 Å². The zero-order valence-corrected chi connectivity index (χ0v) is 16.8. The predicted octanol–water partition coefficient (Wildman–Crippen LogP) is 4.07. The van der Waals surface area contributed by atoms with Gasteiger partial charge in [0.25, 0.3) is 0 Å². The third kappa shape index (κ3) is 3.10. The van der Waals surface area contributed by atoms with Crippen LogP contribution in [-0.2, 0) is 4.74 Å². The van der Waals surface area contributed by atoms with E-state index in [2.05, 4.69) is 49.3 Å². The first kappa shape index (κ1) is 18.0. The lowest BCUT2D eigenvalue weighted by Crippen LogP contribution is -2.36. The fourth-order valence-electron chi connectivity index (χ4n) is 4.24. The molecule has 5 heterocycles. The molecule has 1 fully saturated rings. The molecule has 0 unspecified atom stereocenters. The molecule has 6 rings (SSSR count). The Morgan fingerprint density at radius 2 is 1.77 bits per heavy atom. The molecule has 31 heavy (non-hydrogen) atoms. The summed E-state index contributed by atoms with van der Waals surface area (Å²) in [5.41, 5.74) is 5.72. The number of nitrogens with zero attached hydrogens (tertiary/aromatic N) is 5. The summed E-state index contributed by atoms with van der Waals surface area (Å²) in [6.45, 7) is 3.03. The summed E-state index contributed by atoms with van der Waals surface area (Å²) < 4.78 is 5.56. The molecule has 1 aromatic carbocycles. The molecule has 1 saturated heterocycles. The number of hydrogen-bond donors (Lipinski definition) is 1. The third-order valence-electron chi connectivity index (χ3n) is 5.74. The van der Waals surface area contributed by atoms with Gasteiger partial charge in [0.15, 0.2) is 0 Å². The molecule has 0 spiro atoms. The van der Waals surface area contributed by atoms with Crippen molar-refractivity contribution in [3.05, 3.63) is 67.1 Å². The Balaban J connectivity index is 1.67. The number of anilines is 1. The second-order valence-corrected chi connectivity index (χ2v) is 7.53. The van der Waals surface area contributed by atoms with Gasteiger partial charge in [-0.2, -0.15) is 5.10 Å². The quantitative estimate of drug-likeness (QED) is 0.485. The van der Waals surface area contributed by atoms with E-state index in [9.17, 15) is 0 Å². The van der Waals surface area contributed by atoms with E-state index in [1.165, 1.54) is 0 Å². The highest BCUT2D eigenvalue weighted by Crippen LogP contribution is 2.37. The van der Waals surface area contributed by atoms with Crippen molar-refractivity contribution in [1.82, 2.24) is 25.1 Å². The van der Waals surface area contributed by atoms with Crippen LogP contribution in [0.5, 0.6) is 0 Å². The van der Waals surface area contributed by atoms with Crippen LogP contribution >= 0.6 is 0 Å². The molecule has 0 radical (unpaired) electrons. The molecule has 5 aromatic rings. The number of pyridine rings is 3. The normalized spacial score (nSPS) is 14.4. The Hall–Kier alpha value is -3.84. The standard InChI is InChI=1S/C24H20N6O/c1-3-16(17-4-2-8-25-20(17)5-1)19-15-22(30-11-13-31-14-12-30)28-23-18(19)6-9-26-24(23)21-7-10-27-29-21/h1-10,15H,11-14H2,(H,27,29). The Morgan fingerprint density at radius 3 is 2.65 bits per heavy atom. The summed E-state index contributed by atoms with van der Waals surface area (Å²) in [5, 5.41) is 9.31. The van der Waals surface area contributed by atoms with E-state index in [-0.39, 0.29) is 0 Å². The number of benzene rings is 1. The zero-order valence-electron chi connectivity index (χ0n) is 16.8. The maximum absolute atomic E-state index is 5.56. The maximum atomic E-state index is 5.56. The Kier molecular flexibility index (Phi) is 4.32. The number of rotatable bonds is 3. The van der Waals surface area contributed by atoms with Crippen LogP contribution in [0.4, 0.5) is 5.82 Å². The number of morpholine rings is 1. The van der Waals surface area contributed by atoms with Crippen LogP contribution in [0.15, 0.2) is 67.1 Å². The first-order chi connectivity index (χ1) is 15.4. The van der Waals surface area contributed by atoms with Crippen molar-refractivity contribution in [3.8, 4) is 22.5 Å². The minimum atomic E-state index is 0.702. The Labute approximate surface area is 178 Å². The predicted molar refractivity (Wildman–Crippen MR) is 121 cm³/mol. The topological polar surface area (TPSA) is 79.8 Å². The molecule has 7 nitrogen and oxygen atoms in total. The van der Waals surface area contributed by atoms with Gasteiger partial charge in [-0.15, -0.1) is 0 Å². The lowest BCUT2D eigenvalue weighted by Gasteiger charge is -2.28. The van der Waals surface area contributed by atoms with Crippen LogP contribution in [0.3, 0.4) is 0 Å². The van der Waals surface area contributed by atoms with Gasteiger partial charge in [-0.3, -0.25) is 15.1 Å². The number of hydrogen-bond acceptors (Lipinski definition) is 6. The van der Waals surface area contributed by atoms with Crippen LogP contribution in [0, 0.1) is 0 Å². The average molecular weight is 408 g/mol. The number of H-pyrrole nitrogens is 1. The molecule has 0 aliphatic carbocycles. The summed E-state index contributed by atoms with van der Waals surface area (Å²) in [4.78, 5) is 16.5. The highest BCUT2D eigenvalue weighted by atomic mass is 16.5. The average Bonchev–Trinajstić information content (AvgIpc) is 3.38. The minimum absolute atomic E-state index is 0.702. The summed E-state index contributed by atoms with van der Waals surface area (Å²) in [6, 6.07) is 16.5. The molecule has 1 aliphatic heterocycles. The van der Waals surface area contributed by atoms with Gasteiger partial charge in [-0.1, -0.05) is 18.2 Å². The summed E-state index contributed by atoms with van der Waals surface area (Å²) in [5.74, 6) is 0.931. The fraction of sp³-hybridized carbons (Fsp3) is 0.167. The highest BCUT2D eigenvalue weighted by Gasteiger charge is 2.19. The van der Waals surface area contributed by atoms with Crippen LogP contribution in [-0.4, -0.2) is 51.5 Å². The van der Waals surface area contributed by atoms with E-state index in [1.807, 2.05) is 36.7 Å². The zero-order chi connectivity index (χ0) is 20.6. The highest BCUT2D eigenvalue weighted by molar-refractivity contribution is 6.07. The molecule has 152 valence electrons. The van der Waals surface area contributed by atoms with E-state index in [0.29, 0.717) is 13.2 Å². The maximum Gasteiger partial charge on any atom is 0.130 e. The van der Waals surface area contributed by atoms with Gasteiger partial charge in [-0.25, -0.2) is 4.98 Å². The van der Waals surface area contributed by atoms with Gasteiger partial charge < -0.3 is 9.64 Å². The molecule has 1 aliphatic rings. The molecule has 4 aromatic heterocycles. The largest absolute Gasteiger partial charge is 0.378 e. The molecular weight excluding hydrogens is 388 g/mol. The molecule has 1 N–H and O–H groups in total. The van der Waals surface area contributed by atoms with Gasteiger partial charge in [0.05, 0.1) is 24.4 Å². The SMILES string of the molecule is c1cc(-c2cc(N3CCOCC3)nc3c(-c4ccn[nH]4)nccc23)c2cccnc2c1. The molecule has 0 atom stereocenters. The third-order valence-corrected chi connectivity index (χ3v) is 5.74. The van der Waals surface area contributed by atoms with Gasteiger partial charge in [0, 0.05) is 42.5 Å². The van der Waals surface area contributed by atoms with E-state index in [0.717, 1.165) is 63.2 Å². The van der Waals surface area contributed by atoms with Gasteiger partial charge in [-0.05, 0) is 41.5 Å². The smallest absolute Gasteiger partial charge is 0.130 e. The van der Waals surface area contributed by atoms with E-state index in [4.69, 9.17) is 9.72 Å². The van der Waals surface area contributed by atoms with E-state index in [1.54, 1.807) is 6.20 Å². The van der Waals surface area contributed by atoms with Crippen molar-refractivity contribution in [1.29, 1.82) is 0 Å². The first-order valence-corrected chi connectivity index (χ1v) is 10.3. The number of ether oxygens (including phenoxy) is 1. The number of fused-ring (bicyclic) bond motifs is 2. The fourth-order valence-corrected chi connectivity index (χ4v) is 4.24. The van der Waals surface area contributed by atoms with Crippen LogP contribution in [0.2, 0.25) is 0 Å². The van der Waals surface area contributed by atoms with Crippen molar-refractivity contribution in [2.45, 2.75) is 0 Å². The molecule has 0 saturated carbocycles. The molecule has 7 heteroatoms. The molecular formula is C24H20N6O. The monoisotopic (exact) mass is 408 g/mol. The number of aromatic nitrogens is 5. The molecule has 0 bridgehead atoms. The minimum Gasteiger partial charge on any atom is -0.378 e. The number of aromatic amines is 1. The van der Waals surface area contributed by atoms with Crippen molar-refractivity contribution in [3.63, 3.8) is 0 Å². The van der Waals surface area contributed by atoms with Crippen LogP contribution in [0.1, 0.15) is 0 Å². The lowest BCUT2D eigenvalue weighted by atomic mass is 9.96. The second kappa shape index (κ2) is 7.45. The first-order valence-electron chi connectivity index (χ1n) is 10.3. The Morgan fingerprint density at radius 1 is 0.839 bits per heavy atom. The van der Waals surface area contributed by atoms with Crippen molar-refractivity contribution >= 4 is 27.6 Å².